The lowest BCUT2D eigenvalue weighted by molar-refractivity contribution is 0.0473. The van der Waals surface area contributed by atoms with E-state index in [1.165, 1.54) is 19.1 Å². The summed E-state index contributed by atoms with van der Waals surface area (Å²) in [5.74, 6) is -1.72. The van der Waals surface area contributed by atoms with Crippen LogP contribution in [-0.4, -0.2) is 30.9 Å². The fraction of sp³-hybridized carbons (Fsp3) is 0.286. The highest BCUT2D eigenvalue weighted by atomic mass is 16.5. The van der Waals surface area contributed by atoms with Gasteiger partial charge in [-0.15, -0.1) is 0 Å². The Labute approximate surface area is 158 Å². The van der Waals surface area contributed by atoms with E-state index in [0.29, 0.717) is 0 Å². The summed E-state index contributed by atoms with van der Waals surface area (Å²) in [4.78, 5) is 37.0. The van der Waals surface area contributed by atoms with E-state index in [1.807, 2.05) is 30.3 Å². The van der Waals surface area contributed by atoms with Gasteiger partial charge in [-0.2, -0.15) is 0 Å². The summed E-state index contributed by atoms with van der Waals surface area (Å²) in [7, 11) is 0. The summed E-state index contributed by atoms with van der Waals surface area (Å²) in [5.41, 5.74) is 0.747. The summed E-state index contributed by atoms with van der Waals surface area (Å²) in [6.45, 7) is 5.02. The first kappa shape index (κ1) is 20.2. The van der Waals surface area contributed by atoms with Gasteiger partial charge < -0.3 is 14.2 Å². The molecule has 0 aliphatic rings. The van der Waals surface area contributed by atoms with Crippen molar-refractivity contribution < 1.29 is 28.6 Å². The monoisotopic (exact) mass is 370 g/mol. The zero-order valence-electron chi connectivity index (χ0n) is 15.6. The number of ketones is 1. The highest BCUT2D eigenvalue weighted by Gasteiger charge is 2.29. The van der Waals surface area contributed by atoms with Gasteiger partial charge in [-0.05, 0) is 38.5 Å². The van der Waals surface area contributed by atoms with Gasteiger partial charge in [0.25, 0.3) is 0 Å². The molecule has 0 spiro atoms. The predicted molar refractivity (Wildman–Crippen MR) is 99.1 cm³/mol. The Bertz CT molecular complexity index is 826. The van der Waals surface area contributed by atoms with Gasteiger partial charge in [0.05, 0.1) is 18.8 Å². The second kappa shape index (κ2) is 9.52. The number of carbonyl (C=O) groups excluding carboxylic acids is 3. The SMILES string of the molecule is CCOC(=O)c1c(OCc2ccccc2)ccc(C(C)=O)c1C(=O)OCC. The van der Waals surface area contributed by atoms with Crippen LogP contribution in [0.4, 0.5) is 0 Å². The third kappa shape index (κ3) is 4.94. The van der Waals surface area contributed by atoms with Crippen LogP contribution in [-0.2, 0) is 16.1 Å². The van der Waals surface area contributed by atoms with Crippen molar-refractivity contribution in [3.05, 3.63) is 64.7 Å². The fourth-order valence-electron chi connectivity index (χ4n) is 2.55. The van der Waals surface area contributed by atoms with Crippen LogP contribution in [0.25, 0.3) is 0 Å². The molecule has 142 valence electrons. The first-order valence-electron chi connectivity index (χ1n) is 8.68. The van der Waals surface area contributed by atoms with Gasteiger partial charge in [0, 0.05) is 5.56 Å². The first-order valence-corrected chi connectivity index (χ1v) is 8.68. The molecule has 0 amide bonds. The number of rotatable bonds is 8. The summed E-state index contributed by atoms with van der Waals surface area (Å²) in [6, 6.07) is 12.3. The molecule has 27 heavy (non-hydrogen) atoms. The van der Waals surface area contributed by atoms with E-state index >= 15 is 0 Å². The number of esters is 2. The number of ether oxygens (including phenoxy) is 3. The standard InChI is InChI=1S/C21H22O6/c1-4-25-20(23)18-16(14(3)22)11-12-17(19(18)21(24)26-5-2)27-13-15-9-7-6-8-10-15/h6-12H,4-5,13H2,1-3H3. The van der Waals surface area contributed by atoms with Crippen LogP contribution in [0.15, 0.2) is 42.5 Å². The maximum absolute atomic E-state index is 12.6. The maximum Gasteiger partial charge on any atom is 0.342 e. The van der Waals surface area contributed by atoms with Crippen LogP contribution in [0.5, 0.6) is 5.75 Å². The minimum Gasteiger partial charge on any atom is -0.488 e. The first-order chi connectivity index (χ1) is 13.0. The third-order valence-electron chi connectivity index (χ3n) is 3.74. The van der Waals surface area contributed by atoms with E-state index in [4.69, 9.17) is 14.2 Å². The van der Waals surface area contributed by atoms with Gasteiger partial charge >= 0.3 is 11.9 Å². The Hall–Kier alpha value is -3.15. The van der Waals surface area contributed by atoms with Crippen molar-refractivity contribution in [3.8, 4) is 5.75 Å². The van der Waals surface area contributed by atoms with Crippen LogP contribution >= 0.6 is 0 Å². The lowest BCUT2D eigenvalue weighted by Gasteiger charge is -2.16. The average molecular weight is 370 g/mol. The summed E-state index contributed by atoms with van der Waals surface area (Å²) in [5, 5.41) is 0. The van der Waals surface area contributed by atoms with Crippen molar-refractivity contribution in [2.45, 2.75) is 27.4 Å². The van der Waals surface area contributed by atoms with Crippen molar-refractivity contribution in [1.82, 2.24) is 0 Å². The predicted octanol–water partition coefficient (Wildman–Crippen LogP) is 3.82. The lowest BCUT2D eigenvalue weighted by Crippen LogP contribution is -2.19. The Balaban J connectivity index is 2.54. The molecule has 2 aromatic carbocycles. The molecule has 0 atom stereocenters. The largest absolute Gasteiger partial charge is 0.488 e. The summed E-state index contributed by atoms with van der Waals surface area (Å²) in [6.07, 6.45) is 0. The Morgan fingerprint density at radius 2 is 1.41 bits per heavy atom. The molecule has 0 bridgehead atoms. The quantitative estimate of drug-likeness (QED) is 0.519. The van der Waals surface area contributed by atoms with Gasteiger partial charge in [0.2, 0.25) is 0 Å². The molecule has 0 saturated carbocycles. The van der Waals surface area contributed by atoms with Crippen molar-refractivity contribution in [3.63, 3.8) is 0 Å². The molecular weight excluding hydrogens is 348 g/mol. The molecule has 0 aliphatic heterocycles. The molecule has 2 aromatic rings. The van der Waals surface area contributed by atoms with Crippen molar-refractivity contribution in [1.29, 1.82) is 0 Å². The van der Waals surface area contributed by atoms with E-state index in [-0.39, 0.29) is 48.0 Å². The topological polar surface area (TPSA) is 78.9 Å². The zero-order valence-corrected chi connectivity index (χ0v) is 15.6. The van der Waals surface area contributed by atoms with Gasteiger partial charge in [-0.1, -0.05) is 30.3 Å². The molecular formula is C21H22O6. The second-order valence-corrected chi connectivity index (χ2v) is 5.63. The summed E-state index contributed by atoms with van der Waals surface area (Å²) >= 11 is 0. The number of hydrogen-bond acceptors (Lipinski definition) is 6. The zero-order chi connectivity index (χ0) is 19.8. The van der Waals surface area contributed by atoms with E-state index in [1.54, 1.807) is 13.8 Å². The van der Waals surface area contributed by atoms with E-state index in [2.05, 4.69) is 0 Å². The molecule has 0 N–H and O–H groups in total. The van der Waals surface area contributed by atoms with Crippen molar-refractivity contribution in [2.24, 2.45) is 0 Å². The van der Waals surface area contributed by atoms with Gasteiger partial charge in [0.15, 0.2) is 5.78 Å². The van der Waals surface area contributed by atoms with Crippen LogP contribution in [0.2, 0.25) is 0 Å². The third-order valence-corrected chi connectivity index (χ3v) is 3.74. The second-order valence-electron chi connectivity index (χ2n) is 5.63. The Morgan fingerprint density at radius 3 is 1.96 bits per heavy atom. The van der Waals surface area contributed by atoms with Crippen LogP contribution in [0, 0.1) is 0 Å². The molecule has 6 nitrogen and oxygen atoms in total. The fourth-order valence-corrected chi connectivity index (χ4v) is 2.55. The smallest absolute Gasteiger partial charge is 0.342 e. The normalized spacial score (nSPS) is 10.2. The van der Waals surface area contributed by atoms with E-state index < -0.39 is 11.9 Å². The van der Waals surface area contributed by atoms with E-state index in [9.17, 15) is 14.4 Å². The Kier molecular flexibility index (Phi) is 7.11. The lowest BCUT2D eigenvalue weighted by atomic mass is 9.97. The minimum atomic E-state index is -0.768. The maximum atomic E-state index is 12.6. The van der Waals surface area contributed by atoms with Gasteiger partial charge in [-0.3, -0.25) is 4.79 Å². The number of hydrogen-bond donors (Lipinski definition) is 0. The minimum absolute atomic E-state index is 0.0866. The van der Waals surface area contributed by atoms with Crippen LogP contribution in [0.1, 0.15) is 57.4 Å². The van der Waals surface area contributed by atoms with E-state index in [0.717, 1.165) is 5.56 Å². The number of benzene rings is 2. The van der Waals surface area contributed by atoms with Crippen molar-refractivity contribution in [2.75, 3.05) is 13.2 Å². The molecule has 0 unspecified atom stereocenters. The highest BCUT2D eigenvalue weighted by molar-refractivity contribution is 6.12. The molecule has 0 fully saturated rings. The highest BCUT2D eigenvalue weighted by Crippen LogP contribution is 2.29. The number of carbonyl (C=O) groups is 3. The van der Waals surface area contributed by atoms with Gasteiger partial charge in [-0.25, -0.2) is 9.59 Å². The molecule has 0 radical (unpaired) electrons. The molecule has 0 aliphatic carbocycles. The summed E-state index contributed by atoms with van der Waals surface area (Å²) < 4.78 is 15.9. The average Bonchev–Trinajstić information content (AvgIpc) is 2.66. The number of Topliss-reactive ketones (excluding diaryl/α,β-unsaturated/α-hetero) is 1. The molecule has 2 rings (SSSR count). The Morgan fingerprint density at radius 1 is 0.815 bits per heavy atom. The van der Waals surface area contributed by atoms with Gasteiger partial charge in [0.1, 0.15) is 17.9 Å². The molecule has 6 heteroatoms. The van der Waals surface area contributed by atoms with Crippen LogP contribution < -0.4 is 4.74 Å². The molecule has 0 aromatic heterocycles. The molecule has 0 saturated heterocycles. The van der Waals surface area contributed by atoms with Crippen LogP contribution in [0.3, 0.4) is 0 Å². The van der Waals surface area contributed by atoms with Crippen molar-refractivity contribution >= 4 is 17.7 Å². The molecule has 0 heterocycles.